The van der Waals surface area contributed by atoms with Crippen molar-refractivity contribution < 1.29 is 13.2 Å². The van der Waals surface area contributed by atoms with E-state index in [1.807, 2.05) is 12.1 Å². The standard InChI is InChI=1S/C25H36N2O3S/c1-5-7-11-21(6-2)18-26-25(28)19-27(23-16-14-22(15-17-23)20(3)4)31(29,30)24-12-9-8-10-13-24/h8-10,12-17,20-21H,5-7,11,18-19H2,1-4H3,(H,26,28)/t21-/m1/s1. The Morgan fingerprint density at radius 3 is 2.19 bits per heavy atom. The van der Waals surface area contributed by atoms with Crippen LogP contribution < -0.4 is 9.62 Å². The number of sulfonamides is 1. The second-order valence-electron chi connectivity index (χ2n) is 8.29. The molecule has 1 N–H and O–H groups in total. The van der Waals surface area contributed by atoms with Gasteiger partial charge in [-0.2, -0.15) is 0 Å². The summed E-state index contributed by atoms with van der Waals surface area (Å²) in [5.74, 6) is 0.460. The fourth-order valence-electron chi connectivity index (χ4n) is 3.45. The topological polar surface area (TPSA) is 66.5 Å². The molecule has 0 radical (unpaired) electrons. The molecule has 0 aliphatic heterocycles. The number of carbonyl (C=O) groups excluding carboxylic acids is 1. The van der Waals surface area contributed by atoms with Gasteiger partial charge in [0.15, 0.2) is 0 Å². The van der Waals surface area contributed by atoms with E-state index >= 15 is 0 Å². The first-order valence-electron chi connectivity index (χ1n) is 11.2. The number of benzene rings is 2. The molecule has 31 heavy (non-hydrogen) atoms. The van der Waals surface area contributed by atoms with Crippen LogP contribution in [0.15, 0.2) is 59.5 Å². The van der Waals surface area contributed by atoms with Crippen molar-refractivity contribution in [1.29, 1.82) is 0 Å². The Hall–Kier alpha value is -2.34. The predicted molar refractivity (Wildman–Crippen MR) is 128 cm³/mol. The maximum Gasteiger partial charge on any atom is 0.264 e. The van der Waals surface area contributed by atoms with Crippen molar-refractivity contribution >= 4 is 21.6 Å². The van der Waals surface area contributed by atoms with Gasteiger partial charge in [0.05, 0.1) is 10.6 Å². The molecule has 0 fully saturated rings. The van der Waals surface area contributed by atoms with Crippen molar-refractivity contribution in [3.8, 4) is 0 Å². The average molecular weight is 445 g/mol. The summed E-state index contributed by atoms with van der Waals surface area (Å²) in [6, 6.07) is 15.7. The van der Waals surface area contributed by atoms with Crippen LogP contribution >= 0.6 is 0 Å². The maximum absolute atomic E-state index is 13.4. The zero-order valence-corrected chi connectivity index (χ0v) is 20.0. The lowest BCUT2D eigenvalue weighted by Crippen LogP contribution is -2.42. The molecule has 5 nitrogen and oxygen atoms in total. The molecule has 0 aliphatic carbocycles. The van der Waals surface area contributed by atoms with Gasteiger partial charge in [-0.05, 0) is 48.1 Å². The van der Waals surface area contributed by atoms with Crippen molar-refractivity contribution in [3.05, 3.63) is 60.2 Å². The van der Waals surface area contributed by atoms with Gasteiger partial charge >= 0.3 is 0 Å². The Balaban J connectivity index is 2.25. The highest BCUT2D eigenvalue weighted by atomic mass is 32.2. The third-order valence-corrected chi connectivity index (χ3v) is 7.39. The van der Waals surface area contributed by atoms with Crippen LogP contribution in [0.1, 0.15) is 64.9 Å². The number of nitrogens with zero attached hydrogens (tertiary/aromatic N) is 1. The van der Waals surface area contributed by atoms with Crippen molar-refractivity contribution in [2.75, 3.05) is 17.4 Å². The van der Waals surface area contributed by atoms with Crippen LogP contribution in [0.3, 0.4) is 0 Å². The summed E-state index contributed by atoms with van der Waals surface area (Å²) in [5, 5.41) is 2.95. The van der Waals surface area contributed by atoms with E-state index in [2.05, 4.69) is 33.0 Å². The van der Waals surface area contributed by atoms with Gasteiger partial charge in [0, 0.05) is 6.54 Å². The minimum Gasteiger partial charge on any atom is -0.354 e. The lowest BCUT2D eigenvalue weighted by molar-refractivity contribution is -0.119. The number of unbranched alkanes of at least 4 members (excludes halogenated alkanes) is 1. The first kappa shape index (κ1) is 24.9. The zero-order chi connectivity index (χ0) is 22.9. The van der Waals surface area contributed by atoms with Crippen LogP contribution in [0.4, 0.5) is 5.69 Å². The minimum absolute atomic E-state index is 0.171. The molecular formula is C25H36N2O3S. The van der Waals surface area contributed by atoms with Crippen LogP contribution in [-0.4, -0.2) is 27.4 Å². The van der Waals surface area contributed by atoms with E-state index in [1.54, 1.807) is 42.5 Å². The minimum atomic E-state index is -3.87. The molecule has 6 heteroatoms. The normalized spacial score (nSPS) is 12.5. The lowest BCUT2D eigenvalue weighted by Gasteiger charge is -2.25. The van der Waals surface area contributed by atoms with E-state index in [0.717, 1.165) is 31.2 Å². The predicted octanol–water partition coefficient (Wildman–Crippen LogP) is 5.34. The average Bonchev–Trinajstić information content (AvgIpc) is 2.78. The van der Waals surface area contributed by atoms with E-state index in [0.29, 0.717) is 24.1 Å². The van der Waals surface area contributed by atoms with Crippen molar-refractivity contribution in [2.45, 2.75) is 64.2 Å². The monoisotopic (exact) mass is 444 g/mol. The SMILES string of the molecule is CCCC[C@@H](CC)CNC(=O)CN(c1ccc(C(C)C)cc1)S(=O)(=O)c1ccccc1. The van der Waals surface area contributed by atoms with Gasteiger partial charge in [-0.15, -0.1) is 0 Å². The number of nitrogens with one attached hydrogen (secondary N) is 1. The Labute approximate surface area is 187 Å². The number of rotatable bonds is 12. The smallest absolute Gasteiger partial charge is 0.264 e. The van der Waals surface area contributed by atoms with Gasteiger partial charge in [-0.1, -0.05) is 77.3 Å². The third kappa shape index (κ3) is 7.10. The van der Waals surface area contributed by atoms with Crippen molar-refractivity contribution in [2.24, 2.45) is 5.92 Å². The summed E-state index contributed by atoms with van der Waals surface area (Å²) < 4.78 is 27.9. The zero-order valence-electron chi connectivity index (χ0n) is 19.2. The molecule has 0 heterocycles. The first-order valence-corrected chi connectivity index (χ1v) is 12.7. The Morgan fingerprint density at radius 1 is 1.00 bits per heavy atom. The van der Waals surface area contributed by atoms with Crippen LogP contribution in [0.25, 0.3) is 0 Å². The van der Waals surface area contributed by atoms with Gasteiger partial charge in [0.2, 0.25) is 5.91 Å². The second kappa shape index (κ2) is 11.9. The van der Waals surface area contributed by atoms with Gasteiger partial charge in [0.25, 0.3) is 10.0 Å². The van der Waals surface area contributed by atoms with Crippen molar-refractivity contribution in [3.63, 3.8) is 0 Å². The fourth-order valence-corrected chi connectivity index (χ4v) is 4.89. The molecule has 2 aromatic rings. The van der Waals surface area contributed by atoms with Gasteiger partial charge in [-0.25, -0.2) is 8.42 Å². The Bertz CT molecular complexity index is 910. The van der Waals surface area contributed by atoms with E-state index in [9.17, 15) is 13.2 Å². The molecule has 1 atom stereocenters. The lowest BCUT2D eigenvalue weighted by atomic mass is 9.99. The Morgan fingerprint density at radius 2 is 1.65 bits per heavy atom. The summed E-state index contributed by atoms with van der Waals surface area (Å²) >= 11 is 0. The molecule has 2 rings (SSSR count). The second-order valence-corrected chi connectivity index (χ2v) is 10.2. The largest absolute Gasteiger partial charge is 0.354 e. The number of hydrogen-bond donors (Lipinski definition) is 1. The van der Waals surface area contributed by atoms with Gasteiger partial charge < -0.3 is 5.32 Å². The van der Waals surface area contributed by atoms with Crippen LogP contribution in [0.5, 0.6) is 0 Å². The van der Waals surface area contributed by atoms with E-state index in [-0.39, 0.29) is 17.3 Å². The summed E-state index contributed by atoms with van der Waals surface area (Å²) in [7, 11) is -3.87. The van der Waals surface area contributed by atoms with Crippen LogP contribution in [-0.2, 0) is 14.8 Å². The fraction of sp³-hybridized carbons (Fsp3) is 0.480. The van der Waals surface area contributed by atoms with Gasteiger partial charge in [-0.3, -0.25) is 9.10 Å². The molecule has 0 unspecified atom stereocenters. The summed E-state index contributed by atoms with van der Waals surface area (Å²) in [4.78, 5) is 12.9. The first-order chi connectivity index (χ1) is 14.8. The summed E-state index contributed by atoms with van der Waals surface area (Å²) in [6.07, 6.45) is 4.31. The Kier molecular flexibility index (Phi) is 9.56. The molecule has 1 amide bonds. The number of hydrogen-bond acceptors (Lipinski definition) is 3. The molecule has 0 aliphatic rings. The van der Waals surface area contributed by atoms with E-state index in [1.165, 1.54) is 4.31 Å². The van der Waals surface area contributed by atoms with E-state index < -0.39 is 10.0 Å². The summed E-state index contributed by atoms with van der Waals surface area (Å²) in [6.45, 7) is 8.77. The number of carbonyl (C=O) groups is 1. The molecular weight excluding hydrogens is 408 g/mol. The quantitative estimate of drug-likeness (QED) is 0.481. The highest BCUT2D eigenvalue weighted by Gasteiger charge is 2.27. The number of amides is 1. The maximum atomic E-state index is 13.4. The third-order valence-electron chi connectivity index (χ3n) is 5.60. The molecule has 170 valence electrons. The molecule has 0 spiro atoms. The highest BCUT2D eigenvalue weighted by Crippen LogP contribution is 2.25. The highest BCUT2D eigenvalue weighted by molar-refractivity contribution is 7.92. The molecule has 0 bridgehead atoms. The van der Waals surface area contributed by atoms with Crippen LogP contribution in [0, 0.1) is 5.92 Å². The van der Waals surface area contributed by atoms with Crippen LogP contribution in [0.2, 0.25) is 0 Å². The molecule has 0 saturated heterocycles. The van der Waals surface area contributed by atoms with E-state index in [4.69, 9.17) is 0 Å². The number of anilines is 1. The summed E-state index contributed by atoms with van der Waals surface area (Å²) in [5.41, 5.74) is 1.60. The van der Waals surface area contributed by atoms with Crippen molar-refractivity contribution in [1.82, 2.24) is 5.32 Å². The molecule has 0 aromatic heterocycles. The van der Waals surface area contributed by atoms with Gasteiger partial charge in [0.1, 0.15) is 6.54 Å². The molecule has 0 saturated carbocycles. The molecule has 2 aromatic carbocycles.